The van der Waals surface area contributed by atoms with Crippen LogP contribution in [0.15, 0.2) is 6.20 Å². The van der Waals surface area contributed by atoms with Crippen LogP contribution in [0.4, 0.5) is 22.0 Å². The number of pyridine rings is 1. The molecule has 0 unspecified atom stereocenters. The third kappa shape index (κ3) is 2.54. The van der Waals surface area contributed by atoms with Gasteiger partial charge in [0, 0.05) is 11.8 Å². The molecule has 0 fully saturated rings. The van der Waals surface area contributed by atoms with E-state index in [-0.39, 0.29) is 0 Å². The zero-order valence-corrected chi connectivity index (χ0v) is 8.59. The summed E-state index contributed by atoms with van der Waals surface area (Å²) in [7, 11) is 0. The Balaban J connectivity index is 3.61. The van der Waals surface area contributed by atoms with Gasteiger partial charge < -0.3 is 0 Å². The van der Waals surface area contributed by atoms with Crippen LogP contribution in [0.25, 0.3) is 0 Å². The van der Waals surface area contributed by atoms with Crippen molar-refractivity contribution in [3.05, 3.63) is 28.6 Å². The molecule has 0 saturated carbocycles. The van der Waals surface area contributed by atoms with Crippen molar-refractivity contribution in [3.8, 4) is 12.1 Å². The van der Waals surface area contributed by atoms with Gasteiger partial charge in [-0.2, -0.15) is 23.7 Å². The van der Waals surface area contributed by atoms with Gasteiger partial charge in [0.1, 0.15) is 11.8 Å². The fourth-order valence-electron chi connectivity index (χ4n) is 1.36. The van der Waals surface area contributed by atoms with E-state index in [0.717, 1.165) is 0 Å². The van der Waals surface area contributed by atoms with Crippen LogP contribution in [0.1, 0.15) is 28.8 Å². The van der Waals surface area contributed by atoms with Gasteiger partial charge in [-0.3, -0.25) is 4.98 Å². The third-order valence-electron chi connectivity index (χ3n) is 2.08. The van der Waals surface area contributed by atoms with Crippen molar-refractivity contribution >= 4 is 0 Å². The van der Waals surface area contributed by atoms with E-state index in [9.17, 15) is 22.0 Å². The molecule has 0 aliphatic rings. The summed E-state index contributed by atoms with van der Waals surface area (Å²) >= 11 is 0. The van der Waals surface area contributed by atoms with Gasteiger partial charge in [-0.05, 0) is 0 Å². The maximum absolute atomic E-state index is 12.6. The predicted octanol–water partition coefficient (Wildman–Crippen LogP) is 2.98. The Morgan fingerprint density at radius 2 is 1.89 bits per heavy atom. The molecule has 1 rings (SSSR count). The van der Waals surface area contributed by atoms with Gasteiger partial charge in [0.05, 0.1) is 23.6 Å². The van der Waals surface area contributed by atoms with E-state index in [0.29, 0.717) is 6.20 Å². The first kappa shape index (κ1) is 13.8. The minimum atomic E-state index is -4.90. The van der Waals surface area contributed by atoms with Gasteiger partial charge >= 0.3 is 6.18 Å². The minimum Gasteiger partial charge on any atom is -0.251 e. The monoisotopic (exact) mass is 261 g/mol. The molecule has 1 aromatic rings. The van der Waals surface area contributed by atoms with Gasteiger partial charge in [-0.15, -0.1) is 0 Å². The number of hydrogen-bond donors (Lipinski definition) is 0. The van der Waals surface area contributed by atoms with Gasteiger partial charge in [0.15, 0.2) is 0 Å². The number of aromatic nitrogens is 1. The number of alkyl halides is 5. The predicted molar refractivity (Wildman–Crippen MR) is 48.2 cm³/mol. The van der Waals surface area contributed by atoms with E-state index >= 15 is 0 Å². The summed E-state index contributed by atoms with van der Waals surface area (Å²) in [5.74, 6) is 0. The molecule has 0 atom stereocenters. The van der Waals surface area contributed by atoms with Crippen molar-refractivity contribution in [2.75, 3.05) is 0 Å². The van der Waals surface area contributed by atoms with Crippen LogP contribution in [0.5, 0.6) is 0 Å². The Morgan fingerprint density at radius 1 is 1.28 bits per heavy atom. The molecule has 18 heavy (non-hydrogen) atoms. The molecule has 0 amide bonds. The summed E-state index contributed by atoms with van der Waals surface area (Å²) < 4.78 is 62.7. The molecular formula is C10H4F5N3. The molecule has 94 valence electrons. The van der Waals surface area contributed by atoms with E-state index in [1.165, 1.54) is 12.1 Å². The van der Waals surface area contributed by atoms with Crippen LogP contribution in [0.3, 0.4) is 0 Å². The number of nitrogens with zero attached hydrogens (tertiary/aromatic N) is 3. The summed E-state index contributed by atoms with van der Waals surface area (Å²) in [5, 5.41) is 17.1. The summed E-state index contributed by atoms with van der Waals surface area (Å²) in [6.45, 7) is 0. The van der Waals surface area contributed by atoms with E-state index in [4.69, 9.17) is 10.5 Å². The smallest absolute Gasteiger partial charge is 0.251 e. The van der Waals surface area contributed by atoms with Crippen molar-refractivity contribution in [3.63, 3.8) is 0 Å². The first-order valence-corrected chi connectivity index (χ1v) is 4.47. The zero-order chi connectivity index (χ0) is 13.9. The number of hydrogen-bond acceptors (Lipinski definition) is 3. The molecule has 3 nitrogen and oxygen atoms in total. The molecule has 8 heteroatoms. The molecular weight excluding hydrogens is 257 g/mol. The van der Waals surface area contributed by atoms with Crippen molar-refractivity contribution in [2.24, 2.45) is 0 Å². The summed E-state index contributed by atoms with van der Waals surface area (Å²) in [5.41, 5.74) is -4.04. The summed E-state index contributed by atoms with van der Waals surface area (Å²) in [6, 6.07) is 2.67. The van der Waals surface area contributed by atoms with E-state index < -0.39 is 41.4 Å². The highest BCUT2D eigenvalue weighted by Crippen LogP contribution is 2.34. The minimum absolute atomic E-state index is 0.312. The van der Waals surface area contributed by atoms with Crippen molar-refractivity contribution in [1.29, 1.82) is 10.5 Å². The molecule has 1 heterocycles. The Bertz CT molecular complexity index is 536. The first-order valence-electron chi connectivity index (χ1n) is 4.47. The Morgan fingerprint density at radius 3 is 2.28 bits per heavy atom. The lowest BCUT2D eigenvalue weighted by Crippen LogP contribution is -2.15. The highest BCUT2D eigenvalue weighted by atomic mass is 19.4. The van der Waals surface area contributed by atoms with Crippen molar-refractivity contribution in [1.82, 2.24) is 4.98 Å². The molecule has 0 aromatic carbocycles. The van der Waals surface area contributed by atoms with Crippen LogP contribution in [0.2, 0.25) is 0 Å². The second-order valence-electron chi connectivity index (χ2n) is 3.16. The number of nitriles is 2. The van der Waals surface area contributed by atoms with Crippen LogP contribution >= 0.6 is 0 Å². The van der Waals surface area contributed by atoms with E-state index in [2.05, 4.69) is 4.98 Å². The maximum atomic E-state index is 12.6. The van der Waals surface area contributed by atoms with Crippen LogP contribution < -0.4 is 0 Å². The summed E-state index contributed by atoms with van der Waals surface area (Å²) in [6.07, 6.45) is -8.54. The lowest BCUT2D eigenvalue weighted by molar-refractivity contribution is -0.141. The van der Waals surface area contributed by atoms with Gasteiger partial charge in [0.2, 0.25) is 0 Å². The molecule has 0 N–H and O–H groups in total. The molecule has 1 aromatic heterocycles. The van der Waals surface area contributed by atoms with Gasteiger partial charge in [-0.1, -0.05) is 0 Å². The Hall–Kier alpha value is -2.22. The molecule has 0 aliphatic carbocycles. The fourth-order valence-corrected chi connectivity index (χ4v) is 1.36. The average molecular weight is 261 g/mol. The zero-order valence-electron chi connectivity index (χ0n) is 8.59. The molecule has 0 bridgehead atoms. The highest BCUT2D eigenvalue weighted by molar-refractivity contribution is 5.47. The number of halogens is 5. The maximum Gasteiger partial charge on any atom is 0.433 e. The second kappa shape index (κ2) is 4.96. The average Bonchev–Trinajstić information content (AvgIpc) is 2.27. The van der Waals surface area contributed by atoms with Crippen molar-refractivity contribution in [2.45, 2.75) is 19.0 Å². The number of rotatable bonds is 2. The fraction of sp³-hybridized carbons (Fsp3) is 0.300. The standard InChI is InChI=1S/C10H4F5N3/c11-9(12)7-4-18-8(10(13,14)15)5(1-2-16)6(7)3-17/h4,9H,1H2. The highest BCUT2D eigenvalue weighted by Gasteiger charge is 2.37. The Kier molecular flexibility index (Phi) is 3.82. The van der Waals surface area contributed by atoms with Crippen LogP contribution in [-0.2, 0) is 12.6 Å². The normalized spacial score (nSPS) is 11.1. The lowest BCUT2D eigenvalue weighted by atomic mass is 9.99. The molecule has 0 spiro atoms. The second-order valence-corrected chi connectivity index (χ2v) is 3.16. The quantitative estimate of drug-likeness (QED) is 0.769. The summed E-state index contributed by atoms with van der Waals surface area (Å²) in [4.78, 5) is 2.89. The van der Waals surface area contributed by atoms with Crippen LogP contribution in [-0.4, -0.2) is 4.98 Å². The van der Waals surface area contributed by atoms with Gasteiger partial charge in [-0.25, -0.2) is 8.78 Å². The van der Waals surface area contributed by atoms with Crippen LogP contribution in [0, 0.1) is 22.7 Å². The van der Waals surface area contributed by atoms with E-state index in [1.807, 2.05) is 0 Å². The van der Waals surface area contributed by atoms with E-state index in [1.54, 1.807) is 0 Å². The lowest BCUT2D eigenvalue weighted by Gasteiger charge is -2.13. The molecule has 0 saturated heterocycles. The van der Waals surface area contributed by atoms with Gasteiger partial charge in [0.25, 0.3) is 6.43 Å². The first-order chi connectivity index (χ1) is 8.32. The molecule has 0 radical (unpaired) electrons. The topological polar surface area (TPSA) is 60.5 Å². The molecule has 0 aliphatic heterocycles. The SMILES string of the molecule is N#CCc1c(C(F)(F)F)ncc(C(F)F)c1C#N. The Labute approximate surface area is 98.1 Å². The third-order valence-corrected chi connectivity index (χ3v) is 2.08. The largest absolute Gasteiger partial charge is 0.433 e. The van der Waals surface area contributed by atoms with Crippen molar-refractivity contribution < 1.29 is 22.0 Å².